The lowest BCUT2D eigenvalue weighted by Gasteiger charge is -2.22. The van der Waals surface area contributed by atoms with Gasteiger partial charge in [0.1, 0.15) is 35.2 Å². The number of aryl methyl sites for hydroxylation is 19. The molecule has 5 heterocycles. The average Bonchev–Trinajstić information content (AvgIpc) is 1.06. The SMILES string of the molecule is CCc1cc(C)c(-c2cccc[n+]2C)cc1C.Cc1cc(-c2ccc(C3CCCC3)cc2C)[n+](C)cc1C.Cc1cc(-c2ccc(C3CCCCC3)cc2C)[n+](C)cc1C.Cc1cc(C(C)C)c(C)cc1-c1cccc[n+]1C.Cc1cc(C)c(-c2cccc[n+]2C)cc1C. The molecule has 94 heavy (non-hydrogen) atoms. The van der Waals surface area contributed by atoms with Gasteiger partial charge in [0.2, 0.25) is 28.5 Å². The van der Waals surface area contributed by atoms with Crippen molar-refractivity contribution in [3.05, 3.63) is 265 Å². The Balaban J connectivity index is 0.000000152. The van der Waals surface area contributed by atoms with E-state index in [0.29, 0.717) is 5.92 Å². The van der Waals surface area contributed by atoms with Crippen LogP contribution in [0.25, 0.3) is 56.3 Å². The molecule has 2 saturated carbocycles. The minimum atomic E-state index is 0.585. The minimum absolute atomic E-state index is 0.585. The number of hydrogen-bond donors (Lipinski definition) is 0. The molecule has 0 unspecified atom stereocenters. The Morgan fingerprint density at radius 1 is 0.309 bits per heavy atom. The fourth-order valence-electron chi connectivity index (χ4n) is 14.4. The number of pyridine rings is 5. The van der Waals surface area contributed by atoms with E-state index in [9.17, 15) is 0 Å². The molecule has 5 aromatic carbocycles. The van der Waals surface area contributed by atoms with E-state index in [4.69, 9.17) is 0 Å². The van der Waals surface area contributed by atoms with Gasteiger partial charge in [0.25, 0.3) is 0 Å². The zero-order chi connectivity index (χ0) is 68.1. The number of hydrogen-bond acceptors (Lipinski definition) is 0. The monoisotopic (exact) mass is 1250 g/mol. The van der Waals surface area contributed by atoms with Crippen LogP contribution in [0.5, 0.6) is 0 Å². The van der Waals surface area contributed by atoms with Crippen molar-refractivity contribution in [3.63, 3.8) is 0 Å². The molecule has 12 rings (SSSR count). The van der Waals surface area contributed by atoms with Crippen LogP contribution >= 0.6 is 0 Å². The first-order valence-corrected chi connectivity index (χ1v) is 35.1. The summed E-state index contributed by atoms with van der Waals surface area (Å²) < 4.78 is 11.0. The zero-order valence-corrected chi connectivity index (χ0v) is 61.7. The molecule has 0 saturated heterocycles. The van der Waals surface area contributed by atoms with Gasteiger partial charge in [0.15, 0.2) is 31.0 Å². The van der Waals surface area contributed by atoms with E-state index in [-0.39, 0.29) is 0 Å². The summed E-state index contributed by atoms with van der Waals surface area (Å²) in [7, 11) is 10.6. The van der Waals surface area contributed by atoms with Crippen molar-refractivity contribution in [2.75, 3.05) is 0 Å². The Kier molecular flexibility index (Phi) is 25.0. The Morgan fingerprint density at radius 2 is 0.660 bits per heavy atom. The second-order valence-corrected chi connectivity index (χ2v) is 28.2. The summed E-state index contributed by atoms with van der Waals surface area (Å²) in [4.78, 5) is 0. The summed E-state index contributed by atoms with van der Waals surface area (Å²) in [5.74, 6) is 2.17. The molecule has 490 valence electrons. The predicted octanol–water partition coefficient (Wildman–Crippen LogP) is 20.3. The van der Waals surface area contributed by atoms with Crippen molar-refractivity contribution < 1.29 is 22.8 Å². The van der Waals surface area contributed by atoms with Gasteiger partial charge >= 0.3 is 0 Å². The number of rotatable bonds is 9. The van der Waals surface area contributed by atoms with Crippen molar-refractivity contribution >= 4 is 0 Å². The van der Waals surface area contributed by atoms with Gasteiger partial charge < -0.3 is 0 Å². The topological polar surface area (TPSA) is 19.4 Å². The molecule has 0 spiro atoms. The van der Waals surface area contributed by atoms with Crippen LogP contribution in [0, 0.1) is 90.0 Å². The van der Waals surface area contributed by atoms with E-state index in [2.05, 4.69) is 339 Å². The van der Waals surface area contributed by atoms with Gasteiger partial charge in [-0.3, -0.25) is 0 Å². The summed E-state index contributed by atoms with van der Waals surface area (Å²) in [5.41, 5.74) is 36.9. The van der Waals surface area contributed by atoms with Gasteiger partial charge in [-0.25, -0.2) is 22.8 Å². The van der Waals surface area contributed by atoms with Crippen molar-refractivity contribution in [3.8, 4) is 56.3 Å². The van der Waals surface area contributed by atoms with E-state index >= 15 is 0 Å². The summed E-state index contributed by atoms with van der Waals surface area (Å²) in [6.45, 7) is 35.3. The van der Waals surface area contributed by atoms with Crippen LogP contribution in [0.4, 0.5) is 0 Å². The lowest BCUT2D eigenvalue weighted by molar-refractivity contribution is -0.660. The van der Waals surface area contributed by atoms with Crippen LogP contribution in [0.2, 0.25) is 0 Å². The highest BCUT2D eigenvalue weighted by molar-refractivity contribution is 5.67. The van der Waals surface area contributed by atoms with Crippen LogP contribution in [0.15, 0.2) is 171 Å². The molecular formula is C89H114N5+5. The highest BCUT2D eigenvalue weighted by Crippen LogP contribution is 2.38. The van der Waals surface area contributed by atoms with Crippen LogP contribution < -0.4 is 22.8 Å². The minimum Gasteiger partial charge on any atom is -0.201 e. The maximum absolute atomic E-state index is 2.43. The van der Waals surface area contributed by atoms with Crippen LogP contribution in [0.1, 0.15) is 191 Å². The number of nitrogens with zero attached hydrogens (tertiary/aromatic N) is 5. The fraction of sp³-hybridized carbons (Fsp3) is 0.382. The van der Waals surface area contributed by atoms with Gasteiger partial charge in [-0.15, -0.1) is 0 Å². The Hall–Kier alpha value is -8.15. The molecule has 0 amide bonds. The smallest absolute Gasteiger partial charge is 0.201 e. The maximum Gasteiger partial charge on any atom is 0.212 e. The van der Waals surface area contributed by atoms with Gasteiger partial charge in [-0.2, -0.15) is 0 Å². The molecule has 0 radical (unpaired) electrons. The van der Waals surface area contributed by atoms with E-state index in [0.717, 1.165) is 18.3 Å². The second-order valence-electron chi connectivity index (χ2n) is 28.2. The second kappa shape index (κ2) is 32.8. The lowest BCUT2D eigenvalue weighted by atomic mass is 9.83. The third-order valence-electron chi connectivity index (χ3n) is 20.6. The number of benzene rings is 5. The largest absolute Gasteiger partial charge is 0.212 e. The van der Waals surface area contributed by atoms with Crippen molar-refractivity contribution in [1.82, 2.24) is 0 Å². The Labute approximate surface area is 569 Å². The summed E-state index contributed by atoms with van der Waals surface area (Å²) in [6.07, 6.45) is 24.4. The zero-order valence-electron chi connectivity index (χ0n) is 61.7. The quantitative estimate of drug-likeness (QED) is 0.128. The highest BCUT2D eigenvalue weighted by Gasteiger charge is 2.23. The maximum atomic E-state index is 2.43. The first-order chi connectivity index (χ1) is 44.8. The third-order valence-corrected chi connectivity index (χ3v) is 20.6. The normalized spacial score (nSPS) is 13.0. The Morgan fingerprint density at radius 3 is 1.05 bits per heavy atom. The van der Waals surface area contributed by atoms with Crippen molar-refractivity contribution in [2.24, 2.45) is 35.2 Å². The van der Waals surface area contributed by atoms with Gasteiger partial charge in [0, 0.05) is 87.5 Å². The van der Waals surface area contributed by atoms with Gasteiger partial charge in [-0.05, 0) is 272 Å². The molecule has 0 atom stereocenters. The molecule has 2 aliphatic carbocycles. The van der Waals surface area contributed by atoms with Crippen LogP contribution in [0.3, 0.4) is 0 Å². The molecule has 0 aliphatic heterocycles. The molecule has 0 N–H and O–H groups in total. The summed E-state index contributed by atoms with van der Waals surface area (Å²) in [6, 6.07) is 51.7. The molecule has 5 heteroatoms. The van der Waals surface area contributed by atoms with E-state index in [1.165, 1.54) is 198 Å². The van der Waals surface area contributed by atoms with Gasteiger partial charge in [0.05, 0.1) is 0 Å². The Bertz CT molecular complexity index is 4240. The van der Waals surface area contributed by atoms with Crippen molar-refractivity contribution in [2.45, 2.75) is 193 Å². The average molecular weight is 1250 g/mol. The standard InChI is InChI=1S/C21H28N.C20H26N.C17H22N.C16H20N.C15H18N/c1-15-13-21(22(4)14-17(15)3)20-11-10-19(12-16(20)2)18-8-6-5-7-9-18;1-14-12-20(21(4)13-16(14)3)19-10-9-18(11-15(19)2)17-7-5-6-8-17;1-12(2)15-10-14(4)16(11-13(15)3)17-8-6-7-9-18(17)5;1-5-14-10-13(3)15(11-12(14)2)16-8-6-7-9-17(16)4;1-11-9-13(3)14(10-12(11)2)15-7-5-6-8-16(15)4/h10-14,18H,5-9H2,1-4H3;9-13,17H,5-8H2,1-4H3;6-12H,1-5H3;6-11H,5H2,1-4H3;5-10H,1-4H3/q5*+1. The molecule has 2 aliphatic rings. The van der Waals surface area contributed by atoms with Gasteiger partial charge in [-0.1, -0.05) is 95.3 Å². The molecule has 0 bridgehead atoms. The third kappa shape index (κ3) is 17.8. The lowest BCUT2D eigenvalue weighted by Crippen LogP contribution is -2.31. The molecular weight excluding hydrogens is 1140 g/mol. The predicted molar refractivity (Wildman–Crippen MR) is 397 cm³/mol. The summed E-state index contributed by atoms with van der Waals surface area (Å²) in [5, 5.41) is 0. The van der Waals surface area contributed by atoms with E-state index in [1.807, 2.05) is 0 Å². The van der Waals surface area contributed by atoms with Crippen LogP contribution in [-0.4, -0.2) is 0 Å². The van der Waals surface area contributed by atoms with Crippen molar-refractivity contribution in [1.29, 1.82) is 0 Å². The summed E-state index contributed by atoms with van der Waals surface area (Å²) >= 11 is 0. The van der Waals surface area contributed by atoms with Crippen LogP contribution in [-0.2, 0) is 41.7 Å². The molecule has 10 aromatic rings. The first kappa shape index (κ1) is 71.7. The molecule has 2 fully saturated rings. The van der Waals surface area contributed by atoms with E-state index < -0.39 is 0 Å². The van der Waals surface area contributed by atoms with E-state index in [1.54, 1.807) is 11.1 Å². The first-order valence-electron chi connectivity index (χ1n) is 35.1. The number of aromatic nitrogens is 5. The highest BCUT2D eigenvalue weighted by atomic mass is 14.9. The molecule has 5 nitrogen and oxygen atoms in total. The molecule has 5 aromatic heterocycles. The fourth-order valence-corrected chi connectivity index (χ4v) is 14.4.